The molecule has 1 unspecified atom stereocenters. The van der Waals surface area contributed by atoms with Gasteiger partial charge in [0, 0.05) is 10.5 Å². The summed E-state index contributed by atoms with van der Waals surface area (Å²) in [5, 5.41) is 3.32. The Balaban J connectivity index is 2.24. The molecule has 0 aliphatic carbocycles. The monoisotopic (exact) mass is 348 g/mol. The van der Waals surface area contributed by atoms with Gasteiger partial charge in [-0.15, -0.1) is 0 Å². The van der Waals surface area contributed by atoms with Crippen molar-refractivity contribution in [2.24, 2.45) is 0 Å². The molecule has 4 nitrogen and oxygen atoms in total. The van der Waals surface area contributed by atoms with Crippen LogP contribution in [0.4, 0.5) is 11.4 Å². The molecule has 0 saturated carbocycles. The summed E-state index contributed by atoms with van der Waals surface area (Å²) in [5.74, 6) is -0.381. The Bertz CT molecular complexity index is 658. The fourth-order valence-corrected chi connectivity index (χ4v) is 2.44. The maximum Gasteiger partial charge on any atom is 0.337 e. The van der Waals surface area contributed by atoms with Gasteiger partial charge in [0.15, 0.2) is 0 Å². The van der Waals surface area contributed by atoms with Gasteiger partial charge in [0.2, 0.25) is 0 Å². The van der Waals surface area contributed by atoms with Gasteiger partial charge >= 0.3 is 5.97 Å². The lowest BCUT2D eigenvalue weighted by atomic mass is 10.1. The summed E-state index contributed by atoms with van der Waals surface area (Å²) < 4.78 is 5.74. The van der Waals surface area contributed by atoms with Crippen molar-refractivity contribution >= 4 is 33.3 Å². The number of rotatable bonds is 4. The summed E-state index contributed by atoms with van der Waals surface area (Å²) >= 11 is 3.46. The van der Waals surface area contributed by atoms with Crippen molar-refractivity contribution in [1.29, 1.82) is 0 Å². The maximum absolute atomic E-state index is 11.6. The lowest BCUT2D eigenvalue weighted by Gasteiger charge is -2.18. The van der Waals surface area contributed by atoms with E-state index >= 15 is 0 Å². The minimum Gasteiger partial charge on any atom is -0.465 e. The lowest BCUT2D eigenvalue weighted by molar-refractivity contribution is 0.0601. The van der Waals surface area contributed by atoms with E-state index in [1.807, 2.05) is 31.2 Å². The first kappa shape index (κ1) is 15.4. The summed E-state index contributed by atoms with van der Waals surface area (Å²) in [6.45, 7) is 2.03. The van der Waals surface area contributed by atoms with Crippen molar-refractivity contribution in [1.82, 2.24) is 0 Å². The first-order valence-corrected chi connectivity index (χ1v) is 7.30. The molecule has 0 aliphatic heterocycles. The Kier molecular flexibility index (Phi) is 4.85. The third kappa shape index (κ3) is 3.76. The number of benzene rings is 2. The minimum absolute atomic E-state index is 0.0534. The zero-order valence-electron chi connectivity index (χ0n) is 11.9. The molecule has 0 heterocycles. The molecule has 1 atom stereocenters. The van der Waals surface area contributed by atoms with Crippen LogP contribution in [0.5, 0.6) is 0 Å². The highest BCUT2D eigenvalue weighted by atomic mass is 79.9. The standard InChI is InChI=1S/C16H17BrN2O2/c1-10(11-4-3-5-13(17)8-11)19-15-9-12(16(20)21-2)6-7-14(15)18/h3-10,19H,18H2,1-2H3. The van der Waals surface area contributed by atoms with Crippen LogP contribution in [-0.2, 0) is 4.74 Å². The molecule has 0 aliphatic rings. The highest BCUT2D eigenvalue weighted by molar-refractivity contribution is 9.10. The number of hydrogen-bond acceptors (Lipinski definition) is 4. The summed E-state index contributed by atoms with van der Waals surface area (Å²) in [6, 6.07) is 13.1. The van der Waals surface area contributed by atoms with Gasteiger partial charge in [0.25, 0.3) is 0 Å². The normalized spacial score (nSPS) is 11.8. The summed E-state index contributed by atoms with van der Waals surface area (Å²) in [4.78, 5) is 11.6. The van der Waals surface area contributed by atoms with Gasteiger partial charge in [-0.05, 0) is 42.8 Å². The second kappa shape index (κ2) is 6.63. The van der Waals surface area contributed by atoms with Crippen molar-refractivity contribution in [2.75, 3.05) is 18.2 Å². The van der Waals surface area contributed by atoms with Gasteiger partial charge in [-0.25, -0.2) is 4.79 Å². The molecule has 21 heavy (non-hydrogen) atoms. The number of nitrogens with one attached hydrogen (secondary N) is 1. The molecule has 0 aromatic heterocycles. The number of methoxy groups -OCH3 is 1. The molecule has 0 fully saturated rings. The topological polar surface area (TPSA) is 64.3 Å². The van der Waals surface area contributed by atoms with Gasteiger partial charge in [-0.2, -0.15) is 0 Å². The molecular formula is C16H17BrN2O2. The van der Waals surface area contributed by atoms with Crippen LogP contribution in [-0.4, -0.2) is 13.1 Å². The second-order valence-corrected chi connectivity index (χ2v) is 5.63. The van der Waals surface area contributed by atoms with Crippen LogP contribution in [0.3, 0.4) is 0 Å². The van der Waals surface area contributed by atoms with Crippen LogP contribution >= 0.6 is 15.9 Å². The molecule has 0 radical (unpaired) electrons. The van der Waals surface area contributed by atoms with Gasteiger partial charge in [-0.3, -0.25) is 0 Å². The number of halogens is 1. The molecular weight excluding hydrogens is 332 g/mol. The third-order valence-corrected chi connectivity index (χ3v) is 3.69. The van der Waals surface area contributed by atoms with Crippen molar-refractivity contribution in [3.05, 3.63) is 58.1 Å². The highest BCUT2D eigenvalue weighted by Gasteiger charge is 2.11. The van der Waals surface area contributed by atoms with E-state index < -0.39 is 0 Å². The largest absolute Gasteiger partial charge is 0.465 e. The lowest BCUT2D eigenvalue weighted by Crippen LogP contribution is -2.10. The molecule has 0 amide bonds. The van der Waals surface area contributed by atoms with Gasteiger partial charge < -0.3 is 15.8 Å². The van der Waals surface area contributed by atoms with Crippen LogP contribution in [0.2, 0.25) is 0 Å². The maximum atomic E-state index is 11.6. The van der Waals surface area contributed by atoms with Gasteiger partial charge in [0.1, 0.15) is 0 Å². The zero-order chi connectivity index (χ0) is 15.4. The molecule has 0 bridgehead atoms. The Morgan fingerprint density at radius 1 is 1.29 bits per heavy atom. The van der Waals surface area contributed by atoms with Crippen LogP contribution in [0, 0.1) is 0 Å². The average Bonchev–Trinajstić information content (AvgIpc) is 2.48. The number of esters is 1. The second-order valence-electron chi connectivity index (χ2n) is 4.71. The SMILES string of the molecule is COC(=O)c1ccc(N)c(NC(C)c2cccc(Br)c2)c1. The molecule has 2 rings (SSSR count). The summed E-state index contributed by atoms with van der Waals surface area (Å²) in [6.07, 6.45) is 0. The Morgan fingerprint density at radius 2 is 2.05 bits per heavy atom. The van der Waals surface area contributed by atoms with Crippen molar-refractivity contribution in [2.45, 2.75) is 13.0 Å². The van der Waals surface area contributed by atoms with Gasteiger partial charge in [0.05, 0.1) is 24.0 Å². The van der Waals surface area contributed by atoms with E-state index in [4.69, 9.17) is 10.5 Å². The highest BCUT2D eigenvalue weighted by Crippen LogP contribution is 2.26. The molecule has 5 heteroatoms. The average molecular weight is 349 g/mol. The predicted molar refractivity (Wildman–Crippen MR) is 88.4 cm³/mol. The minimum atomic E-state index is -0.381. The third-order valence-electron chi connectivity index (χ3n) is 3.20. The Hall–Kier alpha value is -2.01. The first-order valence-electron chi connectivity index (χ1n) is 6.51. The molecule has 2 aromatic rings. The quantitative estimate of drug-likeness (QED) is 0.647. The zero-order valence-corrected chi connectivity index (χ0v) is 13.5. The van der Waals surface area contributed by atoms with E-state index in [1.165, 1.54) is 7.11 Å². The number of hydrogen-bond donors (Lipinski definition) is 2. The Labute approximate surface area is 132 Å². The number of ether oxygens (including phenoxy) is 1. The molecule has 110 valence electrons. The van der Waals surface area contributed by atoms with E-state index in [0.717, 1.165) is 10.0 Å². The van der Waals surface area contributed by atoms with Gasteiger partial charge in [-0.1, -0.05) is 28.1 Å². The van der Waals surface area contributed by atoms with Crippen molar-refractivity contribution < 1.29 is 9.53 Å². The van der Waals surface area contributed by atoms with Crippen LogP contribution in [0.1, 0.15) is 28.9 Å². The fraction of sp³-hybridized carbons (Fsp3) is 0.188. The Morgan fingerprint density at radius 3 is 2.71 bits per heavy atom. The number of nitrogen functional groups attached to an aromatic ring is 1. The smallest absolute Gasteiger partial charge is 0.337 e. The molecule has 0 saturated heterocycles. The first-order chi connectivity index (χ1) is 10.0. The fourth-order valence-electron chi connectivity index (χ4n) is 2.02. The van der Waals surface area contributed by atoms with E-state index in [1.54, 1.807) is 18.2 Å². The van der Waals surface area contributed by atoms with Crippen LogP contribution in [0.15, 0.2) is 46.9 Å². The molecule has 3 N–H and O–H groups in total. The number of carbonyl (C=O) groups excluding carboxylic acids is 1. The summed E-state index contributed by atoms with van der Waals surface area (Å²) in [7, 11) is 1.36. The number of anilines is 2. The van der Waals surface area contributed by atoms with Crippen LogP contribution < -0.4 is 11.1 Å². The van der Waals surface area contributed by atoms with Crippen molar-refractivity contribution in [3.63, 3.8) is 0 Å². The van der Waals surface area contributed by atoms with E-state index in [2.05, 4.69) is 21.2 Å². The molecule has 0 spiro atoms. The molecule has 2 aromatic carbocycles. The van der Waals surface area contributed by atoms with E-state index in [-0.39, 0.29) is 12.0 Å². The van der Waals surface area contributed by atoms with Crippen molar-refractivity contribution in [3.8, 4) is 0 Å². The summed E-state index contributed by atoms with van der Waals surface area (Å²) in [5.41, 5.74) is 8.85. The van der Waals surface area contributed by atoms with E-state index in [9.17, 15) is 4.79 Å². The predicted octanol–water partition coefficient (Wildman–Crippen LogP) is 3.99. The number of carbonyl (C=O) groups is 1. The van der Waals surface area contributed by atoms with Crippen LogP contribution in [0.25, 0.3) is 0 Å². The van der Waals surface area contributed by atoms with E-state index in [0.29, 0.717) is 16.9 Å². The number of nitrogens with two attached hydrogens (primary N) is 1.